The number of hydrogen-bond acceptors (Lipinski definition) is 13. The number of rotatable bonds is 11. The summed E-state index contributed by atoms with van der Waals surface area (Å²) >= 11 is 0. The number of carbonyl (C=O) groups is 3. The molecule has 1 N–H and O–H groups in total. The second kappa shape index (κ2) is 16.4. The highest BCUT2D eigenvalue weighted by Crippen LogP contribution is 2.38. The van der Waals surface area contributed by atoms with Crippen LogP contribution in [0.4, 0.5) is 0 Å². The fourth-order valence-corrected chi connectivity index (χ4v) is 6.70. The minimum atomic E-state index is -4.28. The Bertz CT molecular complexity index is 1500. The topological polar surface area (TPSA) is 195 Å². The van der Waals surface area contributed by atoms with E-state index in [1.807, 2.05) is 13.0 Å². The Morgan fingerprint density at radius 3 is 2.65 bits per heavy atom. The van der Waals surface area contributed by atoms with E-state index in [4.69, 9.17) is 18.9 Å². The van der Waals surface area contributed by atoms with Crippen molar-refractivity contribution in [3.05, 3.63) is 59.8 Å². The number of fused-ring (bicyclic) bond motifs is 1. The molecule has 0 saturated heterocycles. The summed E-state index contributed by atoms with van der Waals surface area (Å²) in [6, 6.07) is 7.20. The normalized spacial score (nSPS) is 25.1. The van der Waals surface area contributed by atoms with Gasteiger partial charge in [-0.05, 0) is 80.4 Å². The van der Waals surface area contributed by atoms with Crippen molar-refractivity contribution >= 4 is 27.7 Å². The molecule has 2 aliphatic rings. The van der Waals surface area contributed by atoms with Gasteiger partial charge in [-0.15, -0.1) is 0 Å². The number of hydrogen-bond donors (Lipinski definition) is 1. The van der Waals surface area contributed by atoms with E-state index in [9.17, 15) is 33.1 Å². The van der Waals surface area contributed by atoms with Crippen LogP contribution in [0.5, 0.6) is 5.88 Å². The molecule has 4 rings (SSSR count). The number of nitrogens with zero attached hydrogens (tertiary/aromatic N) is 2. The number of ether oxygens (including phenoxy) is 4. The summed E-state index contributed by atoms with van der Waals surface area (Å²) in [5.74, 6) is -2.44. The van der Waals surface area contributed by atoms with Gasteiger partial charge in [-0.1, -0.05) is 30.4 Å². The molecule has 1 aliphatic heterocycles. The molecule has 1 saturated carbocycles. The van der Waals surface area contributed by atoms with E-state index < -0.39 is 50.9 Å². The first-order chi connectivity index (χ1) is 22.0. The molecular weight excluding hydrogens is 624 g/mol. The van der Waals surface area contributed by atoms with Crippen LogP contribution in [-0.4, -0.2) is 68.1 Å². The largest absolute Gasteiger partial charge is 0.462 e. The lowest BCUT2D eigenvalue weighted by Gasteiger charge is -2.19. The molecule has 0 amide bonds. The summed E-state index contributed by atoms with van der Waals surface area (Å²) in [6.07, 6.45) is 8.65. The zero-order chi connectivity index (χ0) is 33.1. The van der Waals surface area contributed by atoms with Gasteiger partial charge in [-0.3, -0.25) is 14.2 Å². The molecule has 46 heavy (non-hydrogen) atoms. The van der Waals surface area contributed by atoms with Gasteiger partial charge in [0, 0.05) is 18.9 Å². The van der Waals surface area contributed by atoms with Crippen molar-refractivity contribution in [1.29, 1.82) is 0 Å². The summed E-state index contributed by atoms with van der Waals surface area (Å²) in [7, 11) is -4.28. The van der Waals surface area contributed by atoms with Gasteiger partial charge >= 0.3 is 28.8 Å². The first kappa shape index (κ1) is 34.6. The first-order valence-corrected chi connectivity index (χ1v) is 16.6. The predicted molar refractivity (Wildman–Crippen MR) is 157 cm³/mol. The molecule has 15 heteroatoms. The lowest BCUT2D eigenvalue weighted by Crippen LogP contribution is -2.31. The van der Waals surface area contributed by atoms with Crippen LogP contribution < -0.4 is 9.64 Å². The van der Waals surface area contributed by atoms with E-state index in [0.717, 1.165) is 19.3 Å². The molecule has 1 aliphatic carbocycles. The van der Waals surface area contributed by atoms with Gasteiger partial charge in [0.15, 0.2) is 0 Å². The summed E-state index contributed by atoms with van der Waals surface area (Å²) in [4.78, 5) is 36.3. The van der Waals surface area contributed by atoms with Crippen LogP contribution in [-0.2, 0) is 38.4 Å². The van der Waals surface area contributed by atoms with Crippen molar-refractivity contribution in [3.8, 4) is 5.88 Å². The average Bonchev–Trinajstić information content (AvgIpc) is 3.60. The molecule has 1 aromatic carbocycles. The maximum absolute atomic E-state index is 12.8. The molecule has 250 valence electrons. The van der Waals surface area contributed by atoms with E-state index >= 15 is 0 Å². The average molecular weight is 663 g/mol. The minimum absolute atomic E-state index is 0.0249. The number of benzene rings is 1. The lowest BCUT2D eigenvalue weighted by atomic mass is 9.90. The number of aliphatic hydroxyl groups excluding tert-OH is 1. The van der Waals surface area contributed by atoms with E-state index in [-0.39, 0.29) is 60.2 Å². The number of carbonyl (C=O) groups excluding carboxylic acids is 3. The fraction of sp³-hybridized carbons (Fsp3) is 0.516. The van der Waals surface area contributed by atoms with Gasteiger partial charge < -0.3 is 29.3 Å². The Kier molecular flexibility index (Phi) is 12.3. The van der Waals surface area contributed by atoms with Crippen LogP contribution in [0.1, 0.15) is 58.3 Å². The monoisotopic (exact) mass is 662 g/mol. The summed E-state index contributed by atoms with van der Waals surface area (Å²) in [5, 5.41) is 25.2. The van der Waals surface area contributed by atoms with Crippen LogP contribution in [0.25, 0.3) is 0 Å². The molecular formula is C31H38N2O12S. The van der Waals surface area contributed by atoms with Crippen LogP contribution >= 0.6 is 0 Å². The Balaban J connectivity index is 1.18. The van der Waals surface area contributed by atoms with E-state index in [1.165, 1.54) is 36.4 Å². The van der Waals surface area contributed by atoms with Gasteiger partial charge in [0.2, 0.25) is 0 Å². The van der Waals surface area contributed by atoms with Crippen LogP contribution in [0, 0.1) is 17.0 Å². The molecule has 14 nitrogen and oxygen atoms in total. The quantitative estimate of drug-likeness (QED) is 0.121. The zero-order valence-corrected chi connectivity index (χ0v) is 26.2. The molecule has 2 heterocycles. The van der Waals surface area contributed by atoms with Gasteiger partial charge in [-0.25, -0.2) is 13.2 Å². The van der Waals surface area contributed by atoms with Crippen molar-refractivity contribution in [3.63, 3.8) is 0 Å². The second-order valence-corrected chi connectivity index (χ2v) is 13.0. The fourth-order valence-electron chi connectivity index (χ4n) is 5.40. The van der Waals surface area contributed by atoms with Gasteiger partial charge in [0.1, 0.15) is 19.3 Å². The third-order valence-electron chi connectivity index (χ3n) is 7.67. The molecule has 1 fully saturated rings. The highest BCUT2D eigenvalue weighted by Gasteiger charge is 2.38. The van der Waals surface area contributed by atoms with Crippen molar-refractivity contribution in [2.75, 3.05) is 13.2 Å². The SMILES string of the molecule is C[C@H]1CCC/C=C/[C@@H]2C[C@H](OC(=O)CCCC(=O)OCCOc3no[n+]([O-])c3S(=O)(=O)c3ccccc3)C[C@H]2[C@H](O)/C=C/C(=O)O1. The Morgan fingerprint density at radius 1 is 1.11 bits per heavy atom. The van der Waals surface area contributed by atoms with E-state index in [1.54, 1.807) is 6.07 Å². The van der Waals surface area contributed by atoms with Gasteiger partial charge in [-0.2, -0.15) is 0 Å². The molecule has 0 radical (unpaired) electrons. The van der Waals surface area contributed by atoms with Crippen LogP contribution in [0.2, 0.25) is 0 Å². The number of aliphatic hydroxyl groups is 1. The molecule has 0 unspecified atom stereocenters. The van der Waals surface area contributed by atoms with Crippen LogP contribution in [0.15, 0.2) is 69.2 Å². The summed E-state index contributed by atoms with van der Waals surface area (Å²) in [6.45, 7) is 1.26. The molecule has 5 atom stereocenters. The lowest BCUT2D eigenvalue weighted by molar-refractivity contribution is -0.832. The van der Waals surface area contributed by atoms with E-state index in [2.05, 4.69) is 15.9 Å². The summed E-state index contributed by atoms with van der Waals surface area (Å²) in [5.41, 5.74) is 0. The first-order valence-electron chi connectivity index (χ1n) is 15.2. The Morgan fingerprint density at radius 2 is 1.87 bits per heavy atom. The number of allylic oxidation sites excluding steroid dienone is 2. The maximum atomic E-state index is 12.8. The Labute approximate surface area is 266 Å². The minimum Gasteiger partial charge on any atom is -0.462 e. The highest BCUT2D eigenvalue weighted by atomic mass is 32.2. The number of sulfone groups is 1. The smallest absolute Gasteiger partial charge is 0.415 e. The number of esters is 3. The standard InChI is InChI=1S/C31H38N2O12S/c1-21-9-4-2-5-10-22-19-23(20-25(22)26(34)15-16-29(37)43-21)44-28(36)14-8-13-27(35)41-17-18-42-30-31(33(38)45-32-30)46(39,40)24-11-6-3-7-12-24/h3,5-7,10-12,15-16,21-23,25-26,34H,2,4,8-9,13-14,17-20H2,1H3/b10-5+,16-15+/t21-,22+,23-,25+,26+/m0/s1. The second-order valence-electron chi connectivity index (χ2n) is 11.1. The van der Waals surface area contributed by atoms with Crippen molar-refractivity contribution in [2.45, 2.75) is 86.5 Å². The third kappa shape index (κ3) is 9.63. The molecule has 2 aromatic rings. The van der Waals surface area contributed by atoms with Gasteiger partial charge in [0.05, 0.1) is 22.3 Å². The number of aromatic nitrogens is 2. The molecule has 0 bridgehead atoms. The van der Waals surface area contributed by atoms with Crippen molar-refractivity contribution < 1.29 is 56.4 Å². The Hall–Kier alpha value is -4.24. The van der Waals surface area contributed by atoms with Crippen molar-refractivity contribution in [1.82, 2.24) is 5.16 Å². The maximum Gasteiger partial charge on any atom is 0.415 e. The van der Waals surface area contributed by atoms with Crippen LogP contribution in [0.3, 0.4) is 0 Å². The zero-order valence-electron chi connectivity index (χ0n) is 25.4. The third-order valence-corrected chi connectivity index (χ3v) is 9.40. The van der Waals surface area contributed by atoms with E-state index in [0.29, 0.717) is 12.8 Å². The summed E-state index contributed by atoms with van der Waals surface area (Å²) < 4.78 is 51.2. The highest BCUT2D eigenvalue weighted by molar-refractivity contribution is 7.91. The number of cyclic esters (lactones) is 1. The van der Waals surface area contributed by atoms with Gasteiger partial charge in [0.25, 0.3) is 9.84 Å². The van der Waals surface area contributed by atoms with Crippen molar-refractivity contribution in [2.24, 2.45) is 11.8 Å². The molecule has 1 aromatic heterocycles. The predicted octanol–water partition coefficient (Wildman–Crippen LogP) is 2.76. The molecule has 0 spiro atoms.